The fraction of sp³-hybridized carbons (Fsp3) is 1.00. The van der Waals surface area contributed by atoms with Gasteiger partial charge in [0.2, 0.25) is 0 Å². The van der Waals surface area contributed by atoms with Crippen molar-refractivity contribution in [2.24, 2.45) is 5.73 Å². The van der Waals surface area contributed by atoms with Crippen molar-refractivity contribution in [3.8, 4) is 0 Å². The van der Waals surface area contributed by atoms with Gasteiger partial charge in [0.1, 0.15) is 6.04 Å². The Labute approximate surface area is 89.6 Å². The van der Waals surface area contributed by atoms with Gasteiger partial charge in [-0.2, -0.15) is 13.2 Å². The lowest BCUT2D eigenvalue weighted by Gasteiger charge is -2.36. The minimum Gasteiger partial charge on any atom is -0.330 e. The zero-order valence-corrected chi connectivity index (χ0v) is 9.64. The van der Waals surface area contributed by atoms with E-state index in [2.05, 4.69) is 0 Å². The van der Waals surface area contributed by atoms with Crippen LogP contribution >= 0.6 is 0 Å². The van der Waals surface area contributed by atoms with Crippen LogP contribution in [0.2, 0.25) is 0 Å². The van der Waals surface area contributed by atoms with E-state index < -0.39 is 12.2 Å². The van der Waals surface area contributed by atoms with E-state index in [9.17, 15) is 13.2 Å². The fourth-order valence-corrected chi connectivity index (χ4v) is 1.75. The third-order valence-corrected chi connectivity index (χ3v) is 2.74. The number of rotatable bonds is 6. The molecule has 2 unspecified atom stereocenters. The highest BCUT2D eigenvalue weighted by atomic mass is 19.4. The zero-order chi connectivity index (χ0) is 12.1. The molecule has 2 atom stereocenters. The largest absolute Gasteiger partial charge is 0.404 e. The van der Waals surface area contributed by atoms with Crippen LogP contribution in [0.25, 0.3) is 0 Å². The lowest BCUT2D eigenvalue weighted by Crippen LogP contribution is -2.50. The van der Waals surface area contributed by atoms with Gasteiger partial charge in [-0.1, -0.05) is 13.8 Å². The highest BCUT2D eigenvalue weighted by Crippen LogP contribution is 2.28. The normalized spacial score (nSPS) is 16.8. The summed E-state index contributed by atoms with van der Waals surface area (Å²) in [5, 5.41) is 0. The number of hydrogen-bond donors (Lipinski definition) is 1. The average Bonchev–Trinajstić information content (AvgIpc) is 2.15. The Morgan fingerprint density at radius 1 is 1.27 bits per heavy atom. The molecule has 0 aliphatic carbocycles. The molecule has 0 saturated heterocycles. The maximum atomic E-state index is 12.7. The highest BCUT2D eigenvalue weighted by Gasteiger charge is 2.43. The number of nitrogens with two attached hydrogens (primary N) is 1. The van der Waals surface area contributed by atoms with E-state index in [0.717, 1.165) is 0 Å². The van der Waals surface area contributed by atoms with Crippen LogP contribution in [0.5, 0.6) is 0 Å². The summed E-state index contributed by atoms with van der Waals surface area (Å²) in [4.78, 5) is 1.48. The van der Waals surface area contributed by atoms with E-state index in [-0.39, 0.29) is 19.0 Å². The van der Waals surface area contributed by atoms with E-state index in [0.29, 0.717) is 13.0 Å². The van der Waals surface area contributed by atoms with Crippen molar-refractivity contribution < 1.29 is 13.2 Å². The molecule has 0 spiro atoms. The van der Waals surface area contributed by atoms with Gasteiger partial charge < -0.3 is 5.73 Å². The number of alkyl halides is 3. The van der Waals surface area contributed by atoms with Gasteiger partial charge in [-0.15, -0.1) is 0 Å². The summed E-state index contributed by atoms with van der Waals surface area (Å²) >= 11 is 0. The van der Waals surface area contributed by atoms with Crippen molar-refractivity contribution in [2.75, 3.05) is 13.1 Å². The third kappa shape index (κ3) is 4.38. The first-order valence-electron chi connectivity index (χ1n) is 5.40. The van der Waals surface area contributed by atoms with Gasteiger partial charge in [0, 0.05) is 6.04 Å². The molecule has 92 valence electrons. The summed E-state index contributed by atoms with van der Waals surface area (Å²) < 4.78 is 38.2. The second-order valence-electron chi connectivity index (χ2n) is 3.72. The van der Waals surface area contributed by atoms with E-state index in [1.807, 2.05) is 13.8 Å². The monoisotopic (exact) mass is 226 g/mol. The summed E-state index contributed by atoms with van der Waals surface area (Å²) in [5.74, 6) is 0. The molecule has 0 aromatic heterocycles. The third-order valence-electron chi connectivity index (χ3n) is 2.74. The van der Waals surface area contributed by atoms with Crippen LogP contribution < -0.4 is 5.73 Å². The minimum absolute atomic E-state index is 0.0261. The van der Waals surface area contributed by atoms with Gasteiger partial charge in [-0.05, 0) is 32.9 Å². The Morgan fingerprint density at radius 2 is 1.80 bits per heavy atom. The van der Waals surface area contributed by atoms with E-state index >= 15 is 0 Å². The average molecular weight is 226 g/mol. The zero-order valence-electron chi connectivity index (χ0n) is 9.64. The van der Waals surface area contributed by atoms with Gasteiger partial charge >= 0.3 is 6.18 Å². The second-order valence-corrected chi connectivity index (χ2v) is 3.72. The van der Waals surface area contributed by atoms with Crippen LogP contribution in [-0.4, -0.2) is 36.2 Å². The fourth-order valence-electron chi connectivity index (χ4n) is 1.75. The van der Waals surface area contributed by atoms with Gasteiger partial charge in [-0.25, -0.2) is 0 Å². The molecule has 0 bridgehead atoms. The molecule has 0 aliphatic heterocycles. The predicted octanol–water partition coefficient (Wildman–Crippen LogP) is 2.39. The van der Waals surface area contributed by atoms with Gasteiger partial charge in [0.15, 0.2) is 0 Å². The first-order chi connectivity index (χ1) is 6.88. The molecular formula is C10H21F3N2. The van der Waals surface area contributed by atoms with Crippen molar-refractivity contribution >= 4 is 0 Å². The molecule has 2 N–H and O–H groups in total. The molecular weight excluding hydrogens is 205 g/mol. The van der Waals surface area contributed by atoms with Crippen molar-refractivity contribution in [1.29, 1.82) is 0 Å². The van der Waals surface area contributed by atoms with Crippen LogP contribution in [-0.2, 0) is 0 Å². The molecule has 0 rings (SSSR count). The van der Waals surface area contributed by atoms with E-state index in [1.165, 1.54) is 4.90 Å². The van der Waals surface area contributed by atoms with E-state index in [4.69, 9.17) is 5.73 Å². The molecule has 0 fully saturated rings. The highest BCUT2D eigenvalue weighted by molar-refractivity contribution is 4.81. The molecule has 0 aliphatic rings. The maximum absolute atomic E-state index is 12.7. The smallest absolute Gasteiger partial charge is 0.330 e. The molecule has 2 nitrogen and oxygen atoms in total. The van der Waals surface area contributed by atoms with Crippen molar-refractivity contribution in [2.45, 2.75) is 51.9 Å². The first kappa shape index (κ1) is 14.7. The summed E-state index contributed by atoms with van der Waals surface area (Å²) in [6.45, 7) is 5.93. The molecule has 0 aromatic rings. The summed E-state index contributed by atoms with van der Waals surface area (Å²) in [6.07, 6.45) is -3.49. The van der Waals surface area contributed by atoms with Crippen molar-refractivity contribution in [3.05, 3.63) is 0 Å². The predicted molar refractivity (Wildman–Crippen MR) is 55.6 cm³/mol. The summed E-state index contributed by atoms with van der Waals surface area (Å²) in [7, 11) is 0. The molecule has 0 amide bonds. The molecule has 0 saturated carbocycles. The van der Waals surface area contributed by atoms with Gasteiger partial charge in [0.05, 0.1) is 0 Å². The Bertz CT molecular complexity index is 171. The van der Waals surface area contributed by atoms with Crippen LogP contribution in [0.1, 0.15) is 33.6 Å². The molecule has 0 radical (unpaired) electrons. The first-order valence-corrected chi connectivity index (χ1v) is 5.40. The molecule has 5 heteroatoms. The number of hydrogen-bond acceptors (Lipinski definition) is 2. The van der Waals surface area contributed by atoms with Gasteiger partial charge in [-0.3, -0.25) is 4.90 Å². The minimum atomic E-state index is -4.18. The Balaban J connectivity index is 4.70. The Morgan fingerprint density at radius 3 is 2.07 bits per heavy atom. The van der Waals surface area contributed by atoms with Crippen molar-refractivity contribution in [3.63, 3.8) is 0 Å². The maximum Gasteiger partial charge on any atom is 0.404 e. The lowest BCUT2D eigenvalue weighted by atomic mass is 10.1. The van der Waals surface area contributed by atoms with Crippen molar-refractivity contribution in [1.82, 2.24) is 4.90 Å². The molecule has 0 aromatic carbocycles. The van der Waals surface area contributed by atoms with Crippen LogP contribution in [0.15, 0.2) is 0 Å². The number of nitrogens with zero attached hydrogens (tertiary/aromatic N) is 1. The van der Waals surface area contributed by atoms with Crippen LogP contribution in [0.4, 0.5) is 13.2 Å². The Kier molecular flexibility index (Phi) is 6.20. The lowest BCUT2D eigenvalue weighted by molar-refractivity contribution is -0.189. The Hall–Kier alpha value is -0.290. The topological polar surface area (TPSA) is 29.3 Å². The SMILES string of the molecule is CCC(C)N(CC)C(CCN)C(F)(F)F. The number of halogens is 3. The van der Waals surface area contributed by atoms with E-state index in [1.54, 1.807) is 6.92 Å². The summed E-state index contributed by atoms with van der Waals surface area (Å²) in [5.41, 5.74) is 5.23. The van der Waals surface area contributed by atoms with Crippen LogP contribution in [0, 0.1) is 0 Å². The second kappa shape index (κ2) is 6.33. The van der Waals surface area contributed by atoms with Gasteiger partial charge in [0.25, 0.3) is 0 Å². The molecule has 0 heterocycles. The summed E-state index contributed by atoms with van der Waals surface area (Å²) in [6, 6.07) is -1.46. The standard InChI is InChI=1S/C10H21F3N2/c1-4-8(3)15(5-2)9(6-7-14)10(11,12)13/h8-9H,4-7,14H2,1-3H3. The quantitative estimate of drug-likeness (QED) is 0.753. The van der Waals surface area contributed by atoms with Crippen LogP contribution in [0.3, 0.4) is 0 Å². The molecule has 15 heavy (non-hydrogen) atoms.